The summed E-state index contributed by atoms with van der Waals surface area (Å²) in [4.78, 5) is 19.1. The van der Waals surface area contributed by atoms with Crippen LogP contribution in [0.1, 0.15) is 16.6 Å². The summed E-state index contributed by atoms with van der Waals surface area (Å²) in [6, 6.07) is 6.64. The first-order valence-electron chi connectivity index (χ1n) is 6.89. The molecule has 21 heavy (non-hydrogen) atoms. The van der Waals surface area contributed by atoms with Gasteiger partial charge in [0.25, 0.3) is 5.91 Å². The van der Waals surface area contributed by atoms with E-state index in [0.29, 0.717) is 22.0 Å². The Morgan fingerprint density at radius 1 is 1.48 bits per heavy atom. The van der Waals surface area contributed by atoms with Crippen LogP contribution in [-0.4, -0.2) is 41.5 Å². The standard InChI is InChI=1S/C15H16FN3OS/c1-10-8-17-6-7-19(10)15(20)13-9-18-14(21-13)11-4-2-3-5-12(11)16/h2-5,9-10,17H,6-8H2,1H3. The Kier molecular flexibility index (Phi) is 3.98. The Balaban J connectivity index is 1.85. The second-order valence-corrected chi connectivity index (χ2v) is 6.09. The molecule has 0 radical (unpaired) electrons. The number of rotatable bonds is 2. The maximum atomic E-state index is 13.8. The van der Waals surface area contributed by atoms with Crippen molar-refractivity contribution in [2.45, 2.75) is 13.0 Å². The minimum Gasteiger partial charge on any atom is -0.333 e. The minimum absolute atomic E-state index is 0.0240. The highest BCUT2D eigenvalue weighted by Crippen LogP contribution is 2.28. The molecule has 3 rings (SSSR count). The first-order chi connectivity index (χ1) is 10.2. The lowest BCUT2D eigenvalue weighted by molar-refractivity contribution is 0.0660. The molecule has 1 atom stereocenters. The van der Waals surface area contributed by atoms with E-state index in [9.17, 15) is 9.18 Å². The maximum Gasteiger partial charge on any atom is 0.265 e. The molecule has 0 spiro atoms. The van der Waals surface area contributed by atoms with Gasteiger partial charge in [-0.3, -0.25) is 4.79 Å². The Hall–Kier alpha value is -1.79. The van der Waals surface area contributed by atoms with Crippen LogP contribution < -0.4 is 5.32 Å². The number of hydrogen-bond donors (Lipinski definition) is 1. The summed E-state index contributed by atoms with van der Waals surface area (Å²) >= 11 is 1.24. The van der Waals surface area contributed by atoms with Crippen LogP contribution in [0.5, 0.6) is 0 Å². The molecule has 1 aliphatic heterocycles. The van der Waals surface area contributed by atoms with Crippen molar-refractivity contribution in [2.75, 3.05) is 19.6 Å². The first kappa shape index (κ1) is 14.2. The highest BCUT2D eigenvalue weighted by Gasteiger charge is 2.25. The smallest absolute Gasteiger partial charge is 0.265 e. The highest BCUT2D eigenvalue weighted by atomic mass is 32.1. The number of benzene rings is 1. The number of hydrogen-bond acceptors (Lipinski definition) is 4. The molecule has 4 nitrogen and oxygen atoms in total. The van der Waals surface area contributed by atoms with E-state index in [4.69, 9.17) is 0 Å². The van der Waals surface area contributed by atoms with Crippen molar-refractivity contribution in [2.24, 2.45) is 0 Å². The topological polar surface area (TPSA) is 45.2 Å². The second-order valence-electron chi connectivity index (χ2n) is 5.06. The molecule has 2 aromatic rings. The zero-order valence-corrected chi connectivity index (χ0v) is 12.5. The first-order valence-corrected chi connectivity index (χ1v) is 7.71. The van der Waals surface area contributed by atoms with E-state index in [1.54, 1.807) is 24.4 Å². The van der Waals surface area contributed by atoms with Crippen molar-refractivity contribution in [1.82, 2.24) is 15.2 Å². The van der Waals surface area contributed by atoms with Crippen molar-refractivity contribution in [3.8, 4) is 10.6 Å². The van der Waals surface area contributed by atoms with Crippen LogP contribution in [0, 0.1) is 5.82 Å². The average Bonchev–Trinajstić information content (AvgIpc) is 2.97. The number of halogens is 1. The molecular formula is C15H16FN3OS. The Bertz CT molecular complexity index is 658. The molecule has 1 fully saturated rings. The summed E-state index contributed by atoms with van der Waals surface area (Å²) in [5.41, 5.74) is 0.440. The fourth-order valence-corrected chi connectivity index (χ4v) is 3.32. The molecule has 1 aromatic carbocycles. The zero-order chi connectivity index (χ0) is 14.8. The van der Waals surface area contributed by atoms with Crippen molar-refractivity contribution < 1.29 is 9.18 Å². The van der Waals surface area contributed by atoms with Gasteiger partial charge in [-0.2, -0.15) is 0 Å². The van der Waals surface area contributed by atoms with E-state index >= 15 is 0 Å². The van der Waals surface area contributed by atoms with Gasteiger partial charge in [0.1, 0.15) is 15.7 Å². The van der Waals surface area contributed by atoms with E-state index in [1.807, 2.05) is 11.8 Å². The normalized spacial score (nSPS) is 18.8. The summed E-state index contributed by atoms with van der Waals surface area (Å²) in [5.74, 6) is -0.342. The Morgan fingerprint density at radius 3 is 3.05 bits per heavy atom. The second kappa shape index (κ2) is 5.91. The fourth-order valence-electron chi connectivity index (χ4n) is 2.42. The lowest BCUT2D eigenvalue weighted by Crippen LogP contribution is -2.52. The van der Waals surface area contributed by atoms with E-state index in [0.717, 1.165) is 13.1 Å². The largest absolute Gasteiger partial charge is 0.333 e. The molecule has 0 bridgehead atoms. The van der Waals surface area contributed by atoms with Gasteiger partial charge in [-0.1, -0.05) is 12.1 Å². The van der Waals surface area contributed by atoms with Crippen molar-refractivity contribution in [3.63, 3.8) is 0 Å². The summed E-state index contributed by atoms with van der Waals surface area (Å²) in [6.07, 6.45) is 1.55. The number of carbonyl (C=O) groups excluding carboxylic acids is 1. The third-order valence-corrected chi connectivity index (χ3v) is 4.60. The summed E-state index contributed by atoms with van der Waals surface area (Å²) in [7, 11) is 0. The maximum absolute atomic E-state index is 13.8. The lowest BCUT2D eigenvalue weighted by Gasteiger charge is -2.33. The van der Waals surface area contributed by atoms with E-state index in [2.05, 4.69) is 10.3 Å². The van der Waals surface area contributed by atoms with Gasteiger partial charge in [-0.25, -0.2) is 9.37 Å². The van der Waals surface area contributed by atoms with Gasteiger partial charge in [0, 0.05) is 31.2 Å². The van der Waals surface area contributed by atoms with Crippen molar-refractivity contribution >= 4 is 17.2 Å². The number of piperazine rings is 1. The van der Waals surface area contributed by atoms with Crippen LogP contribution in [0.3, 0.4) is 0 Å². The quantitative estimate of drug-likeness (QED) is 0.926. The molecule has 110 valence electrons. The molecular weight excluding hydrogens is 289 g/mol. The number of carbonyl (C=O) groups is 1. The molecule has 1 saturated heterocycles. The van der Waals surface area contributed by atoms with E-state index in [-0.39, 0.29) is 17.8 Å². The molecule has 0 saturated carbocycles. The summed E-state index contributed by atoms with van der Waals surface area (Å²) < 4.78 is 13.8. The van der Waals surface area contributed by atoms with Gasteiger partial charge in [0.2, 0.25) is 0 Å². The molecule has 0 aliphatic carbocycles. The molecule has 6 heteroatoms. The minimum atomic E-state index is -0.318. The fraction of sp³-hybridized carbons (Fsp3) is 0.333. The third kappa shape index (κ3) is 2.82. The SMILES string of the molecule is CC1CNCCN1C(=O)c1cnc(-c2ccccc2F)s1. The van der Waals surface area contributed by atoms with Crippen LogP contribution in [0.25, 0.3) is 10.6 Å². The van der Waals surface area contributed by atoms with Crippen LogP contribution in [0.15, 0.2) is 30.5 Å². The van der Waals surface area contributed by atoms with Gasteiger partial charge >= 0.3 is 0 Å². The van der Waals surface area contributed by atoms with Gasteiger partial charge in [0.05, 0.1) is 6.20 Å². The number of amides is 1. The Morgan fingerprint density at radius 2 is 2.29 bits per heavy atom. The summed E-state index contributed by atoms with van der Waals surface area (Å²) in [6.45, 7) is 4.30. The third-order valence-electron chi connectivity index (χ3n) is 3.58. The molecule has 1 N–H and O–H groups in total. The predicted molar refractivity (Wildman–Crippen MR) is 80.9 cm³/mol. The van der Waals surface area contributed by atoms with E-state index < -0.39 is 0 Å². The van der Waals surface area contributed by atoms with Gasteiger partial charge in [-0.15, -0.1) is 11.3 Å². The van der Waals surface area contributed by atoms with Crippen molar-refractivity contribution in [1.29, 1.82) is 0 Å². The monoisotopic (exact) mass is 305 g/mol. The lowest BCUT2D eigenvalue weighted by atomic mass is 10.2. The summed E-state index contributed by atoms with van der Waals surface area (Å²) in [5, 5.41) is 3.79. The molecule has 1 aromatic heterocycles. The number of nitrogens with zero attached hydrogens (tertiary/aromatic N) is 2. The van der Waals surface area contributed by atoms with Gasteiger partial charge < -0.3 is 10.2 Å². The molecule has 1 unspecified atom stereocenters. The average molecular weight is 305 g/mol. The van der Waals surface area contributed by atoms with Crippen LogP contribution in [0.2, 0.25) is 0 Å². The Labute approximate surface area is 126 Å². The van der Waals surface area contributed by atoms with Crippen LogP contribution in [-0.2, 0) is 0 Å². The van der Waals surface area contributed by atoms with Crippen molar-refractivity contribution in [3.05, 3.63) is 41.2 Å². The van der Waals surface area contributed by atoms with Crippen LogP contribution >= 0.6 is 11.3 Å². The number of aromatic nitrogens is 1. The molecule has 1 aliphatic rings. The van der Waals surface area contributed by atoms with Crippen LogP contribution in [0.4, 0.5) is 4.39 Å². The number of thiazole rings is 1. The predicted octanol–water partition coefficient (Wildman–Crippen LogP) is 2.38. The molecule has 1 amide bonds. The highest BCUT2D eigenvalue weighted by molar-refractivity contribution is 7.16. The molecule has 2 heterocycles. The van der Waals surface area contributed by atoms with Gasteiger partial charge in [-0.05, 0) is 19.1 Å². The zero-order valence-electron chi connectivity index (χ0n) is 11.7. The number of nitrogens with one attached hydrogen (secondary N) is 1. The van der Waals surface area contributed by atoms with E-state index in [1.165, 1.54) is 17.4 Å². The van der Waals surface area contributed by atoms with Gasteiger partial charge in [0.15, 0.2) is 0 Å².